The highest BCUT2D eigenvalue weighted by Gasteiger charge is 2.13. The Balaban J connectivity index is 2.30. The Morgan fingerprint density at radius 1 is 1.53 bits per heavy atom. The molecule has 1 aromatic heterocycles. The van der Waals surface area contributed by atoms with Gasteiger partial charge in [-0.3, -0.25) is 4.21 Å². The maximum absolute atomic E-state index is 11.1. The Morgan fingerprint density at radius 3 is 2.89 bits per heavy atom. The molecule has 2 atom stereocenters. The van der Waals surface area contributed by atoms with E-state index in [0.29, 0.717) is 11.3 Å². The predicted octanol–water partition coefficient (Wildman–Crippen LogP) is 1.46. The van der Waals surface area contributed by atoms with Gasteiger partial charge < -0.3 is 5.11 Å². The molecule has 7 heteroatoms. The van der Waals surface area contributed by atoms with Crippen LogP contribution in [0.2, 0.25) is 0 Å². The third-order valence-corrected chi connectivity index (χ3v) is 3.77. The summed E-state index contributed by atoms with van der Waals surface area (Å²) < 4.78 is 12.8. The van der Waals surface area contributed by atoms with Crippen LogP contribution in [0.5, 0.6) is 0 Å². The fourth-order valence-electron chi connectivity index (χ4n) is 1.86. The topological polar surface area (TPSA) is 85.1 Å². The van der Waals surface area contributed by atoms with Gasteiger partial charge in [-0.2, -0.15) is 0 Å². The van der Waals surface area contributed by atoms with E-state index in [1.54, 1.807) is 17.0 Å². The van der Waals surface area contributed by atoms with Crippen LogP contribution in [0.15, 0.2) is 18.2 Å². The minimum absolute atomic E-state index is 0.0737. The quantitative estimate of drug-likeness (QED) is 0.896. The summed E-state index contributed by atoms with van der Waals surface area (Å²) in [5.41, 5.74) is 1.55. The molecule has 0 saturated heterocycles. The van der Waals surface area contributed by atoms with Gasteiger partial charge in [0.05, 0.1) is 17.1 Å². The van der Waals surface area contributed by atoms with Crippen molar-refractivity contribution in [3.05, 3.63) is 23.8 Å². The second kappa shape index (κ2) is 5.48. The van der Waals surface area contributed by atoms with E-state index in [9.17, 15) is 9.00 Å². The summed E-state index contributed by atoms with van der Waals surface area (Å²) in [6.45, 7) is 1.98. The van der Waals surface area contributed by atoms with Crippen LogP contribution >= 0.6 is 0 Å². The Bertz CT molecular complexity index is 638. The smallest absolute Gasteiger partial charge is 0.335 e. The van der Waals surface area contributed by atoms with Crippen molar-refractivity contribution in [3.8, 4) is 0 Å². The molecule has 0 spiro atoms. The molecule has 0 amide bonds. The molecule has 0 aliphatic heterocycles. The van der Waals surface area contributed by atoms with Gasteiger partial charge in [0.1, 0.15) is 5.52 Å². The maximum atomic E-state index is 11.1. The average molecular weight is 281 g/mol. The van der Waals surface area contributed by atoms with Crippen LogP contribution in [0.3, 0.4) is 0 Å². The number of aromatic carboxylic acids is 1. The molecule has 2 rings (SSSR count). The van der Waals surface area contributed by atoms with Gasteiger partial charge in [0, 0.05) is 22.8 Å². The van der Waals surface area contributed by atoms with Crippen LogP contribution in [0.4, 0.5) is 0 Å². The van der Waals surface area contributed by atoms with Gasteiger partial charge in [-0.1, -0.05) is 5.21 Å². The molecule has 1 N–H and O–H groups in total. The first-order valence-corrected chi connectivity index (χ1v) is 7.60. The molecule has 102 valence electrons. The summed E-state index contributed by atoms with van der Waals surface area (Å²) in [6, 6.07) is 4.82. The van der Waals surface area contributed by atoms with Gasteiger partial charge in [0.15, 0.2) is 0 Å². The van der Waals surface area contributed by atoms with Gasteiger partial charge in [-0.25, -0.2) is 9.48 Å². The third kappa shape index (κ3) is 2.98. The van der Waals surface area contributed by atoms with Gasteiger partial charge in [-0.05, 0) is 31.5 Å². The van der Waals surface area contributed by atoms with Crippen molar-refractivity contribution in [2.45, 2.75) is 19.4 Å². The largest absolute Gasteiger partial charge is 0.478 e. The van der Waals surface area contributed by atoms with E-state index in [-0.39, 0.29) is 11.6 Å². The van der Waals surface area contributed by atoms with Crippen molar-refractivity contribution in [2.24, 2.45) is 0 Å². The first-order chi connectivity index (χ1) is 8.99. The molecule has 1 aromatic carbocycles. The SMILES string of the molecule is CC(CCS(C)=O)n1nnc2cc(C(=O)O)ccc21. The molecular weight excluding hydrogens is 266 g/mol. The van der Waals surface area contributed by atoms with Crippen molar-refractivity contribution in [1.82, 2.24) is 15.0 Å². The van der Waals surface area contributed by atoms with Gasteiger partial charge >= 0.3 is 5.97 Å². The van der Waals surface area contributed by atoms with E-state index in [2.05, 4.69) is 10.3 Å². The van der Waals surface area contributed by atoms with Crippen LogP contribution in [-0.2, 0) is 10.8 Å². The van der Waals surface area contributed by atoms with Crippen molar-refractivity contribution in [2.75, 3.05) is 12.0 Å². The monoisotopic (exact) mass is 281 g/mol. The fourth-order valence-corrected chi connectivity index (χ4v) is 2.53. The number of benzene rings is 1. The first-order valence-electron chi connectivity index (χ1n) is 5.87. The summed E-state index contributed by atoms with van der Waals surface area (Å²) >= 11 is 0. The van der Waals surface area contributed by atoms with E-state index < -0.39 is 16.8 Å². The fraction of sp³-hybridized carbons (Fsp3) is 0.417. The molecule has 2 unspecified atom stereocenters. The van der Waals surface area contributed by atoms with Crippen molar-refractivity contribution < 1.29 is 14.1 Å². The number of carboxylic acids is 1. The van der Waals surface area contributed by atoms with Crippen molar-refractivity contribution in [3.63, 3.8) is 0 Å². The van der Waals surface area contributed by atoms with Crippen LogP contribution in [-0.4, -0.2) is 42.3 Å². The Morgan fingerprint density at radius 2 is 2.26 bits per heavy atom. The lowest BCUT2D eigenvalue weighted by atomic mass is 10.2. The van der Waals surface area contributed by atoms with Crippen molar-refractivity contribution >= 4 is 27.8 Å². The zero-order valence-electron chi connectivity index (χ0n) is 10.7. The molecule has 0 saturated carbocycles. The summed E-state index contributed by atoms with van der Waals surface area (Å²) in [5, 5.41) is 16.9. The van der Waals surface area contributed by atoms with E-state index in [0.717, 1.165) is 11.9 Å². The summed E-state index contributed by atoms with van der Waals surface area (Å²) in [7, 11) is -0.831. The summed E-state index contributed by atoms with van der Waals surface area (Å²) in [4.78, 5) is 10.9. The second-order valence-electron chi connectivity index (χ2n) is 4.46. The maximum Gasteiger partial charge on any atom is 0.335 e. The molecule has 0 fully saturated rings. The molecule has 0 aliphatic carbocycles. The predicted molar refractivity (Wildman–Crippen MR) is 72.7 cm³/mol. The number of nitrogens with zero attached hydrogens (tertiary/aromatic N) is 3. The van der Waals surface area contributed by atoms with Gasteiger partial charge in [0.25, 0.3) is 0 Å². The number of carboxylic acid groups (broad SMARTS) is 1. The zero-order valence-corrected chi connectivity index (χ0v) is 11.6. The summed E-state index contributed by atoms with van der Waals surface area (Å²) in [5.74, 6) is -0.374. The van der Waals surface area contributed by atoms with Crippen LogP contribution < -0.4 is 0 Å². The standard InChI is InChI=1S/C12H15N3O3S/c1-8(5-6-19(2)18)15-11-4-3-9(12(16)17)7-10(11)13-14-15/h3-4,7-8H,5-6H2,1-2H3,(H,16,17). The minimum atomic E-state index is -0.981. The Kier molecular flexibility index (Phi) is 3.94. The van der Waals surface area contributed by atoms with E-state index in [4.69, 9.17) is 5.11 Å². The number of hydrogen-bond acceptors (Lipinski definition) is 4. The number of aromatic nitrogens is 3. The molecule has 1 heterocycles. The van der Waals surface area contributed by atoms with E-state index in [1.165, 1.54) is 12.1 Å². The lowest BCUT2D eigenvalue weighted by Crippen LogP contribution is -2.10. The lowest BCUT2D eigenvalue weighted by Gasteiger charge is -2.11. The molecule has 6 nitrogen and oxygen atoms in total. The minimum Gasteiger partial charge on any atom is -0.478 e. The lowest BCUT2D eigenvalue weighted by molar-refractivity contribution is 0.0697. The second-order valence-corrected chi connectivity index (χ2v) is 6.01. The molecule has 19 heavy (non-hydrogen) atoms. The van der Waals surface area contributed by atoms with E-state index >= 15 is 0 Å². The van der Waals surface area contributed by atoms with Gasteiger partial charge in [-0.15, -0.1) is 5.10 Å². The Labute approximate surface area is 112 Å². The van der Waals surface area contributed by atoms with E-state index in [1.807, 2.05) is 6.92 Å². The highest BCUT2D eigenvalue weighted by molar-refractivity contribution is 7.84. The normalized spacial score (nSPS) is 14.4. The number of rotatable bonds is 5. The zero-order chi connectivity index (χ0) is 14.0. The number of hydrogen-bond donors (Lipinski definition) is 1. The molecule has 2 aromatic rings. The highest BCUT2D eigenvalue weighted by Crippen LogP contribution is 2.19. The van der Waals surface area contributed by atoms with Crippen LogP contribution in [0, 0.1) is 0 Å². The molecular formula is C12H15N3O3S. The van der Waals surface area contributed by atoms with Crippen LogP contribution in [0.25, 0.3) is 11.0 Å². The average Bonchev–Trinajstić information content (AvgIpc) is 2.78. The molecule has 0 radical (unpaired) electrons. The molecule has 0 bridgehead atoms. The number of carbonyl (C=O) groups is 1. The van der Waals surface area contributed by atoms with Crippen molar-refractivity contribution in [1.29, 1.82) is 0 Å². The highest BCUT2D eigenvalue weighted by atomic mass is 32.2. The third-order valence-electron chi connectivity index (χ3n) is 2.96. The number of fused-ring (bicyclic) bond motifs is 1. The van der Waals surface area contributed by atoms with Gasteiger partial charge in [0.2, 0.25) is 0 Å². The molecule has 0 aliphatic rings. The summed E-state index contributed by atoms with van der Waals surface area (Å²) in [6.07, 6.45) is 2.41. The Hall–Kier alpha value is -1.76. The van der Waals surface area contributed by atoms with Crippen LogP contribution in [0.1, 0.15) is 29.7 Å². The first kappa shape index (κ1) is 13.7.